The molecule has 0 aliphatic heterocycles. The molecule has 0 N–H and O–H groups in total. The van der Waals surface area contributed by atoms with Crippen LogP contribution in [0, 0.1) is 0 Å². The van der Waals surface area contributed by atoms with Crippen LogP contribution in [-0.2, 0) is 0 Å². The average Bonchev–Trinajstić information content (AvgIpc) is 2.55. The summed E-state index contributed by atoms with van der Waals surface area (Å²) in [6.07, 6.45) is 3.59. The number of pyridine rings is 1. The topological polar surface area (TPSA) is 38.7 Å². The van der Waals surface area contributed by atoms with Crippen LogP contribution in [0.3, 0.4) is 0 Å². The summed E-state index contributed by atoms with van der Waals surface area (Å²) < 4.78 is 0. The molecule has 2 aromatic carbocycles. The van der Waals surface area contributed by atoms with Crippen LogP contribution in [0.15, 0.2) is 60.9 Å². The highest BCUT2D eigenvalue weighted by Gasteiger charge is 2.11. The van der Waals surface area contributed by atoms with Crippen LogP contribution >= 0.6 is 11.6 Å². The smallest absolute Gasteiger partial charge is 0.223 e. The van der Waals surface area contributed by atoms with Gasteiger partial charge in [-0.2, -0.15) is 0 Å². The minimum atomic E-state index is 0.248. The lowest BCUT2D eigenvalue weighted by Crippen LogP contribution is -1.92. The zero-order valence-electron chi connectivity index (χ0n) is 11.0. The number of fused-ring (bicyclic) bond motifs is 3. The molecule has 0 saturated carbocycles. The number of hydrogen-bond donors (Lipinski definition) is 0. The molecular formula is C17H10ClN3. The molecule has 0 atom stereocenters. The van der Waals surface area contributed by atoms with E-state index < -0.39 is 0 Å². The van der Waals surface area contributed by atoms with Crippen molar-refractivity contribution in [2.75, 3.05) is 0 Å². The predicted octanol–water partition coefficient (Wildman–Crippen LogP) is 4.50. The Kier molecular flexibility index (Phi) is 2.79. The summed E-state index contributed by atoms with van der Waals surface area (Å²) in [7, 11) is 0. The number of nitrogens with zero attached hydrogens (tertiary/aromatic N) is 3. The normalized spacial score (nSPS) is 11.1. The third-order valence-corrected chi connectivity index (χ3v) is 3.67. The molecular weight excluding hydrogens is 282 g/mol. The minimum absolute atomic E-state index is 0.248. The standard InChI is InChI=1S/C17H10ClN3/c18-17-20-15(12-4-2-1-3-5-12)13-7-6-11-8-9-19-10-14(11)16(13)21-17/h1-10H. The number of aromatic nitrogens is 3. The molecule has 0 saturated heterocycles. The average molecular weight is 292 g/mol. The van der Waals surface area contributed by atoms with Gasteiger partial charge < -0.3 is 0 Å². The van der Waals surface area contributed by atoms with Crippen molar-refractivity contribution in [1.29, 1.82) is 0 Å². The molecule has 0 radical (unpaired) electrons. The summed E-state index contributed by atoms with van der Waals surface area (Å²) in [4.78, 5) is 13.0. The van der Waals surface area contributed by atoms with Crippen molar-refractivity contribution < 1.29 is 0 Å². The maximum absolute atomic E-state index is 6.13. The second-order valence-corrected chi connectivity index (χ2v) is 5.10. The van der Waals surface area contributed by atoms with Crippen molar-refractivity contribution in [3.8, 4) is 11.3 Å². The molecule has 4 rings (SSSR count). The van der Waals surface area contributed by atoms with Gasteiger partial charge in [0.05, 0.1) is 11.2 Å². The van der Waals surface area contributed by atoms with Crippen molar-refractivity contribution in [2.45, 2.75) is 0 Å². The molecule has 4 aromatic rings. The van der Waals surface area contributed by atoms with E-state index in [0.29, 0.717) is 0 Å². The van der Waals surface area contributed by atoms with E-state index in [1.807, 2.05) is 48.7 Å². The van der Waals surface area contributed by atoms with Gasteiger partial charge in [-0.15, -0.1) is 0 Å². The summed E-state index contributed by atoms with van der Waals surface area (Å²) in [5.74, 6) is 0. The summed E-state index contributed by atoms with van der Waals surface area (Å²) in [6.45, 7) is 0. The van der Waals surface area contributed by atoms with E-state index in [0.717, 1.165) is 32.9 Å². The number of halogens is 1. The second kappa shape index (κ2) is 4.79. The quantitative estimate of drug-likeness (QED) is 0.383. The van der Waals surface area contributed by atoms with Crippen molar-refractivity contribution >= 4 is 33.3 Å². The fourth-order valence-corrected chi connectivity index (χ4v) is 2.71. The number of benzene rings is 2. The number of hydrogen-bond acceptors (Lipinski definition) is 3. The molecule has 3 nitrogen and oxygen atoms in total. The fraction of sp³-hybridized carbons (Fsp3) is 0. The lowest BCUT2D eigenvalue weighted by molar-refractivity contribution is 1.23. The van der Waals surface area contributed by atoms with Gasteiger partial charge >= 0.3 is 0 Å². The third-order valence-electron chi connectivity index (χ3n) is 3.51. The first-order chi connectivity index (χ1) is 10.3. The van der Waals surface area contributed by atoms with Gasteiger partial charge in [-0.3, -0.25) is 4.98 Å². The Morgan fingerprint density at radius 3 is 2.52 bits per heavy atom. The molecule has 0 bridgehead atoms. The Morgan fingerprint density at radius 1 is 0.810 bits per heavy atom. The van der Waals surface area contributed by atoms with E-state index in [4.69, 9.17) is 11.6 Å². The molecule has 4 heteroatoms. The Morgan fingerprint density at radius 2 is 1.67 bits per heavy atom. The maximum Gasteiger partial charge on any atom is 0.223 e. The van der Waals surface area contributed by atoms with Crippen molar-refractivity contribution in [3.05, 3.63) is 66.2 Å². The highest BCUT2D eigenvalue weighted by Crippen LogP contribution is 2.31. The Bertz CT molecular complexity index is 952. The fourth-order valence-electron chi connectivity index (χ4n) is 2.54. The van der Waals surface area contributed by atoms with Gasteiger partial charge in [0.15, 0.2) is 0 Å². The first-order valence-corrected chi connectivity index (χ1v) is 6.96. The molecule has 0 amide bonds. The zero-order valence-corrected chi connectivity index (χ0v) is 11.7. The summed E-state index contributed by atoms with van der Waals surface area (Å²) in [5.41, 5.74) is 2.70. The Labute approximate surface area is 126 Å². The van der Waals surface area contributed by atoms with E-state index in [-0.39, 0.29) is 5.28 Å². The van der Waals surface area contributed by atoms with Crippen LogP contribution in [0.25, 0.3) is 32.9 Å². The van der Waals surface area contributed by atoms with Crippen LogP contribution in [0.5, 0.6) is 0 Å². The molecule has 0 spiro atoms. The lowest BCUT2D eigenvalue weighted by Gasteiger charge is -2.08. The van der Waals surface area contributed by atoms with E-state index in [1.165, 1.54) is 0 Å². The van der Waals surface area contributed by atoms with Crippen LogP contribution < -0.4 is 0 Å². The van der Waals surface area contributed by atoms with Crippen molar-refractivity contribution in [1.82, 2.24) is 15.0 Å². The second-order valence-electron chi connectivity index (χ2n) is 4.77. The number of rotatable bonds is 1. The molecule has 2 aromatic heterocycles. The summed E-state index contributed by atoms with van der Waals surface area (Å²) >= 11 is 6.13. The summed E-state index contributed by atoms with van der Waals surface area (Å²) in [6, 6.07) is 16.1. The van der Waals surface area contributed by atoms with Gasteiger partial charge in [-0.1, -0.05) is 36.4 Å². The SMILES string of the molecule is Clc1nc(-c2ccccc2)c2ccc3ccncc3c2n1. The third kappa shape index (κ3) is 2.03. The van der Waals surface area contributed by atoms with Crippen LogP contribution in [0.1, 0.15) is 0 Å². The van der Waals surface area contributed by atoms with Gasteiger partial charge in [-0.05, 0) is 29.1 Å². The van der Waals surface area contributed by atoms with E-state index in [9.17, 15) is 0 Å². The Balaban J connectivity index is 2.15. The predicted molar refractivity (Wildman–Crippen MR) is 85.3 cm³/mol. The highest BCUT2D eigenvalue weighted by molar-refractivity contribution is 6.29. The molecule has 0 aliphatic carbocycles. The molecule has 2 heterocycles. The Hall–Kier alpha value is -2.52. The molecule has 0 aliphatic rings. The highest BCUT2D eigenvalue weighted by atomic mass is 35.5. The molecule has 21 heavy (non-hydrogen) atoms. The van der Waals surface area contributed by atoms with Gasteiger partial charge in [0, 0.05) is 28.7 Å². The van der Waals surface area contributed by atoms with Gasteiger partial charge in [0.2, 0.25) is 5.28 Å². The zero-order chi connectivity index (χ0) is 14.2. The van der Waals surface area contributed by atoms with E-state index in [1.54, 1.807) is 6.20 Å². The van der Waals surface area contributed by atoms with Crippen LogP contribution in [0.2, 0.25) is 5.28 Å². The molecule has 100 valence electrons. The van der Waals surface area contributed by atoms with Crippen LogP contribution in [0.4, 0.5) is 0 Å². The maximum atomic E-state index is 6.13. The van der Waals surface area contributed by atoms with Crippen LogP contribution in [-0.4, -0.2) is 15.0 Å². The van der Waals surface area contributed by atoms with E-state index in [2.05, 4.69) is 21.0 Å². The lowest BCUT2D eigenvalue weighted by atomic mass is 10.0. The van der Waals surface area contributed by atoms with Gasteiger partial charge in [0.1, 0.15) is 0 Å². The summed E-state index contributed by atoms with van der Waals surface area (Å²) in [5, 5.41) is 3.30. The monoisotopic (exact) mass is 291 g/mol. The molecule has 0 fully saturated rings. The first kappa shape index (κ1) is 12.2. The minimum Gasteiger partial charge on any atom is -0.264 e. The van der Waals surface area contributed by atoms with Gasteiger partial charge in [0.25, 0.3) is 0 Å². The first-order valence-electron chi connectivity index (χ1n) is 6.58. The van der Waals surface area contributed by atoms with Crippen molar-refractivity contribution in [2.24, 2.45) is 0 Å². The van der Waals surface area contributed by atoms with Gasteiger partial charge in [-0.25, -0.2) is 9.97 Å². The van der Waals surface area contributed by atoms with Crippen molar-refractivity contribution in [3.63, 3.8) is 0 Å². The molecule has 0 unspecified atom stereocenters. The van der Waals surface area contributed by atoms with E-state index >= 15 is 0 Å². The largest absolute Gasteiger partial charge is 0.264 e.